The Bertz CT molecular complexity index is 414. The molecule has 5 nitrogen and oxygen atoms in total. The summed E-state index contributed by atoms with van der Waals surface area (Å²) in [6.45, 7) is 1.37. The quantitative estimate of drug-likeness (QED) is 0.786. The van der Waals surface area contributed by atoms with Crippen molar-refractivity contribution in [2.24, 2.45) is 17.0 Å². The molecule has 0 radical (unpaired) electrons. The van der Waals surface area contributed by atoms with Crippen LogP contribution < -0.4 is 5.14 Å². The van der Waals surface area contributed by atoms with Crippen LogP contribution >= 0.6 is 0 Å². The van der Waals surface area contributed by atoms with Crippen LogP contribution in [0.15, 0.2) is 0 Å². The summed E-state index contributed by atoms with van der Waals surface area (Å²) in [5.74, 6) is 0.505. The fourth-order valence-corrected chi connectivity index (χ4v) is 4.21. The number of likely N-dealkylation sites (tertiary alicyclic amines) is 1. The van der Waals surface area contributed by atoms with E-state index >= 15 is 0 Å². The van der Waals surface area contributed by atoms with E-state index in [1.165, 1.54) is 38.5 Å². The molecule has 19 heavy (non-hydrogen) atoms. The SMILES string of the molecule is NS(=O)(=O)CC1CC(=O)N(CC2CCCCCC2)C1. The van der Waals surface area contributed by atoms with Crippen molar-refractivity contribution in [3.05, 3.63) is 0 Å². The van der Waals surface area contributed by atoms with E-state index in [-0.39, 0.29) is 17.6 Å². The van der Waals surface area contributed by atoms with Crippen molar-refractivity contribution >= 4 is 15.9 Å². The van der Waals surface area contributed by atoms with Crippen LogP contribution in [0, 0.1) is 11.8 Å². The monoisotopic (exact) mass is 288 g/mol. The second-order valence-corrected chi connectivity index (χ2v) is 7.72. The predicted octanol–water partition coefficient (Wildman–Crippen LogP) is 1.09. The first-order valence-electron chi connectivity index (χ1n) is 7.22. The van der Waals surface area contributed by atoms with Gasteiger partial charge in [-0.3, -0.25) is 4.79 Å². The van der Waals surface area contributed by atoms with Gasteiger partial charge >= 0.3 is 0 Å². The summed E-state index contributed by atoms with van der Waals surface area (Å²) in [4.78, 5) is 13.8. The number of amides is 1. The Kier molecular flexibility index (Phi) is 4.84. The third kappa shape index (κ3) is 4.76. The van der Waals surface area contributed by atoms with Gasteiger partial charge in [0.05, 0.1) is 5.75 Å². The molecule has 6 heteroatoms. The molecule has 1 amide bonds. The zero-order valence-electron chi connectivity index (χ0n) is 11.4. The van der Waals surface area contributed by atoms with Gasteiger partial charge in [-0.25, -0.2) is 13.6 Å². The van der Waals surface area contributed by atoms with E-state index in [0.29, 0.717) is 18.9 Å². The molecule has 0 spiro atoms. The molecule has 0 aromatic rings. The van der Waals surface area contributed by atoms with E-state index in [0.717, 1.165) is 6.54 Å². The summed E-state index contributed by atoms with van der Waals surface area (Å²) in [6, 6.07) is 0. The molecule has 2 aliphatic rings. The molecule has 1 saturated carbocycles. The molecule has 1 saturated heterocycles. The van der Waals surface area contributed by atoms with Crippen LogP contribution in [0.1, 0.15) is 44.9 Å². The summed E-state index contributed by atoms with van der Waals surface area (Å²) in [5.41, 5.74) is 0. The zero-order chi connectivity index (χ0) is 13.9. The number of nitrogens with zero attached hydrogens (tertiary/aromatic N) is 1. The highest BCUT2D eigenvalue weighted by Gasteiger charge is 2.33. The maximum absolute atomic E-state index is 11.9. The molecule has 1 aliphatic heterocycles. The number of carbonyl (C=O) groups is 1. The van der Waals surface area contributed by atoms with Crippen LogP contribution in [-0.2, 0) is 14.8 Å². The lowest BCUT2D eigenvalue weighted by Gasteiger charge is -2.23. The molecule has 0 aromatic carbocycles. The third-order valence-electron chi connectivity index (χ3n) is 4.22. The maximum Gasteiger partial charge on any atom is 0.222 e. The second kappa shape index (κ2) is 6.22. The van der Waals surface area contributed by atoms with Crippen LogP contribution in [-0.4, -0.2) is 38.1 Å². The van der Waals surface area contributed by atoms with Crippen LogP contribution in [0.5, 0.6) is 0 Å². The molecule has 2 fully saturated rings. The highest BCUT2D eigenvalue weighted by Crippen LogP contribution is 2.26. The molecule has 1 atom stereocenters. The van der Waals surface area contributed by atoms with Gasteiger partial charge in [0.15, 0.2) is 0 Å². The van der Waals surface area contributed by atoms with E-state index in [1.807, 2.05) is 4.90 Å². The maximum atomic E-state index is 11.9. The number of sulfonamides is 1. The average molecular weight is 288 g/mol. The van der Waals surface area contributed by atoms with E-state index in [4.69, 9.17) is 5.14 Å². The lowest BCUT2D eigenvalue weighted by Crippen LogP contribution is -2.32. The smallest absolute Gasteiger partial charge is 0.222 e. The second-order valence-electron chi connectivity index (χ2n) is 6.06. The van der Waals surface area contributed by atoms with Crippen LogP contribution in [0.2, 0.25) is 0 Å². The molecular weight excluding hydrogens is 264 g/mol. The van der Waals surface area contributed by atoms with Crippen molar-refractivity contribution in [3.63, 3.8) is 0 Å². The van der Waals surface area contributed by atoms with Gasteiger partial charge in [0, 0.05) is 25.4 Å². The Morgan fingerprint density at radius 2 is 1.74 bits per heavy atom. The van der Waals surface area contributed by atoms with Crippen molar-refractivity contribution in [1.29, 1.82) is 0 Å². The lowest BCUT2D eigenvalue weighted by molar-refractivity contribution is -0.128. The first kappa shape index (κ1) is 14.8. The van der Waals surface area contributed by atoms with Crippen molar-refractivity contribution in [2.45, 2.75) is 44.9 Å². The topological polar surface area (TPSA) is 80.5 Å². The van der Waals surface area contributed by atoms with E-state index in [9.17, 15) is 13.2 Å². The number of rotatable bonds is 4. The number of nitrogens with two attached hydrogens (primary N) is 1. The summed E-state index contributed by atoms with van der Waals surface area (Å²) in [7, 11) is -3.47. The molecule has 110 valence electrons. The van der Waals surface area contributed by atoms with Crippen LogP contribution in [0.25, 0.3) is 0 Å². The largest absolute Gasteiger partial charge is 0.342 e. The summed E-state index contributed by atoms with van der Waals surface area (Å²) in [6.07, 6.45) is 7.86. The van der Waals surface area contributed by atoms with Gasteiger partial charge in [-0.2, -0.15) is 0 Å². The normalized spacial score (nSPS) is 26.7. The first-order chi connectivity index (χ1) is 8.94. The van der Waals surface area contributed by atoms with Crippen molar-refractivity contribution in [3.8, 4) is 0 Å². The fraction of sp³-hybridized carbons (Fsp3) is 0.923. The standard InChI is InChI=1S/C13H24N2O3S/c14-19(17,18)10-12-7-13(16)15(9-12)8-11-5-3-1-2-4-6-11/h11-12H,1-10H2,(H2,14,17,18). The highest BCUT2D eigenvalue weighted by atomic mass is 32.2. The van der Waals surface area contributed by atoms with Crippen LogP contribution in [0.4, 0.5) is 0 Å². The minimum atomic E-state index is -3.47. The van der Waals surface area contributed by atoms with Gasteiger partial charge < -0.3 is 4.90 Å². The van der Waals surface area contributed by atoms with Gasteiger partial charge in [0.1, 0.15) is 0 Å². The summed E-state index contributed by atoms with van der Waals surface area (Å²) >= 11 is 0. The molecule has 2 N–H and O–H groups in total. The van der Waals surface area contributed by atoms with E-state index in [2.05, 4.69) is 0 Å². The third-order valence-corrected chi connectivity index (χ3v) is 5.15. The van der Waals surface area contributed by atoms with E-state index < -0.39 is 10.0 Å². The summed E-state index contributed by atoms with van der Waals surface area (Å²) in [5, 5.41) is 5.05. The highest BCUT2D eigenvalue weighted by molar-refractivity contribution is 7.89. The minimum absolute atomic E-state index is 0.0695. The number of hydrogen-bond donors (Lipinski definition) is 1. The molecule has 0 aromatic heterocycles. The molecular formula is C13H24N2O3S. The Morgan fingerprint density at radius 3 is 2.32 bits per heavy atom. The average Bonchev–Trinajstić information content (AvgIpc) is 2.52. The molecule has 1 aliphatic carbocycles. The Morgan fingerprint density at radius 1 is 1.11 bits per heavy atom. The molecule has 1 unspecified atom stereocenters. The fourth-order valence-electron chi connectivity index (χ4n) is 3.33. The molecule has 0 bridgehead atoms. The molecule has 2 rings (SSSR count). The Labute approximate surface area is 115 Å². The van der Waals surface area contributed by atoms with Gasteiger partial charge in [0.2, 0.25) is 15.9 Å². The number of primary sulfonamides is 1. The lowest BCUT2D eigenvalue weighted by atomic mass is 10.00. The van der Waals surface area contributed by atoms with Gasteiger partial charge in [-0.15, -0.1) is 0 Å². The summed E-state index contributed by atoms with van der Waals surface area (Å²) < 4.78 is 22.2. The van der Waals surface area contributed by atoms with Crippen LogP contribution in [0.3, 0.4) is 0 Å². The van der Waals surface area contributed by atoms with Gasteiger partial charge in [0.25, 0.3) is 0 Å². The first-order valence-corrected chi connectivity index (χ1v) is 8.94. The van der Waals surface area contributed by atoms with Gasteiger partial charge in [-0.05, 0) is 18.8 Å². The predicted molar refractivity (Wildman–Crippen MR) is 73.9 cm³/mol. The van der Waals surface area contributed by atoms with Crippen molar-refractivity contribution in [2.75, 3.05) is 18.8 Å². The Balaban J connectivity index is 1.85. The number of carbonyl (C=O) groups excluding carboxylic acids is 1. The van der Waals surface area contributed by atoms with E-state index in [1.54, 1.807) is 0 Å². The number of hydrogen-bond acceptors (Lipinski definition) is 3. The van der Waals surface area contributed by atoms with Crippen molar-refractivity contribution in [1.82, 2.24) is 4.90 Å². The van der Waals surface area contributed by atoms with Gasteiger partial charge in [-0.1, -0.05) is 25.7 Å². The minimum Gasteiger partial charge on any atom is -0.342 e. The van der Waals surface area contributed by atoms with Crippen molar-refractivity contribution < 1.29 is 13.2 Å². The molecule has 1 heterocycles. The Hall–Kier alpha value is -0.620. The zero-order valence-corrected chi connectivity index (χ0v) is 12.2.